The summed E-state index contributed by atoms with van der Waals surface area (Å²) in [5, 5.41) is 0. The largest absolute Gasteiger partial charge is 0.443 e. The van der Waals surface area contributed by atoms with Crippen molar-refractivity contribution in [3.63, 3.8) is 0 Å². The normalized spacial score (nSPS) is 11.4. The first-order chi connectivity index (χ1) is 6.18. The Morgan fingerprint density at radius 1 is 1.38 bits per heavy atom. The number of nitrogens with zero attached hydrogens (tertiary/aromatic N) is 1. The molecule has 3 heteroatoms. The summed E-state index contributed by atoms with van der Waals surface area (Å²) in [4.78, 5) is 3.92. The van der Waals surface area contributed by atoms with Gasteiger partial charge in [-0.3, -0.25) is 0 Å². The lowest BCUT2D eigenvalue weighted by Crippen LogP contribution is -1.89. The van der Waals surface area contributed by atoms with Crippen LogP contribution < -0.4 is 0 Å². The van der Waals surface area contributed by atoms with E-state index < -0.39 is 0 Å². The highest BCUT2D eigenvalue weighted by Gasteiger charge is 2.10. The number of hydrogen-bond acceptors (Lipinski definition) is 2. The molecule has 68 valence electrons. The van der Waals surface area contributed by atoms with Crippen molar-refractivity contribution in [1.29, 1.82) is 0 Å². The Labute approximate surface area is 75.4 Å². The molecule has 0 amide bonds. The first kappa shape index (κ1) is 8.23. The molecule has 0 atom stereocenters. The number of halogens is 1. The molecule has 2 nitrogen and oxygen atoms in total. The standard InChI is InChI=1S/C10H10FNO/c1-6(2)8-3-7(11)4-9-10(8)13-5-12-9/h3-6H,1-2H3. The Balaban J connectivity index is 2.77. The Morgan fingerprint density at radius 3 is 2.85 bits per heavy atom. The first-order valence-corrected chi connectivity index (χ1v) is 4.21. The van der Waals surface area contributed by atoms with Crippen LogP contribution in [0.5, 0.6) is 0 Å². The molecule has 0 saturated heterocycles. The quantitative estimate of drug-likeness (QED) is 0.672. The topological polar surface area (TPSA) is 26.0 Å². The highest BCUT2D eigenvalue weighted by Crippen LogP contribution is 2.25. The zero-order valence-corrected chi connectivity index (χ0v) is 7.54. The van der Waals surface area contributed by atoms with E-state index in [1.165, 1.54) is 18.5 Å². The minimum absolute atomic E-state index is 0.242. The van der Waals surface area contributed by atoms with E-state index in [1.807, 2.05) is 13.8 Å². The molecule has 1 aromatic heterocycles. The Bertz CT molecular complexity index is 433. The fourth-order valence-corrected chi connectivity index (χ4v) is 1.39. The van der Waals surface area contributed by atoms with Crippen molar-refractivity contribution in [1.82, 2.24) is 4.98 Å². The van der Waals surface area contributed by atoms with E-state index in [2.05, 4.69) is 4.98 Å². The molecular formula is C10H10FNO. The van der Waals surface area contributed by atoms with Crippen LogP contribution in [0, 0.1) is 5.82 Å². The number of oxazole rings is 1. The third-order valence-electron chi connectivity index (χ3n) is 2.05. The Kier molecular flexibility index (Phi) is 1.79. The fourth-order valence-electron chi connectivity index (χ4n) is 1.39. The highest BCUT2D eigenvalue weighted by molar-refractivity contribution is 5.76. The monoisotopic (exact) mass is 179 g/mol. The minimum Gasteiger partial charge on any atom is -0.443 e. The van der Waals surface area contributed by atoms with Crippen molar-refractivity contribution in [3.05, 3.63) is 29.9 Å². The molecule has 0 saturated carbocycles. The molecule has 1 aromatic carbocycles. The van der Waals surface area contributed by atoms with E-state index in [0.29, 0.717) is 11.1 Å². The average Bonchev–Trinajstić information content (AvgIpc) is 2.49. The SMILES string of the molecule is CC(C)c1cc(F)cc2ncoc12. The van der Waals surface area contributed by atoms with Crippen LogP contribution in [0.1, 0.15) is 25.3 Å². The summed E-state index contributed by atoms with van der Waals surface area (Å²) >= 11 is 0. The van der Waals surface area contributed by atoms with E-state index in [-0.39, 0.29) is 11.7 Å². The number of benzene rings is 1. The van der Waals surface area contributed by atoms with Crippen LogP contribution in [0.3, 0.4) is 0 Å². The lowest BCUT2D eigenvalue weighted by atomic mass is 10.0. The molecule has 0 aliphatic carbocycles. The van der Waals surface area contributed by atoms with E-state index in [4.69, 9.17) is 4.42 Å². The molecule has 2 aromatic rings. The first-order valence-electron chi connectivity index (χ1n) is 4.21. The maximum Gasteiger partial charge on any atom is 0.181 e. The second-order valence-corrected chi connectivity index (χ2v) is 3.35. The number of hydrogen-bond donors (Lipinski definition) is 0. The lowest BCUT2D eigenvalue weighted by molar-refractivity contribution is 0.590. The van der Waals surface area contributed by atoms with Gasteiger partial charge in [0, 0.05) is 11.6 Å². The Morgan fingerprint density at radius 2 is 2.15 bits per heavy atom. The van der Waals surface area contributed by atoms with E-state index >= 15 is 0 Å². The van der Waals surface area contributed by atoms with Gasteiger partial charge in [0.2, 0.25) is 0 Å². The van der Waals surface area contributed by atoms with Gasteiger partial charge in [0.15, 0.2) is 12.0 Å². The molecule has 0 fully saturated rings. The van der Waals surface area contributed by atoms with Gasteiger partial charge in [0.05, 0.1) is 0 Å². The summed E-state index contributed by atoms with van der Waals surface area (Å²) < 4.78 is 18.2. The van der Waals surface area contributed by atoms with Crippen LogP contribution in [0.15, 0.2) is 22.9 Å². The van der Waals surface area contributed by atoms with Crippen LogP contribution in [0.2, 0.25) is 0 Å². The molecule has 0 unspecified atom stereocenters. The molecule has 0 aliphatic heterocycles. The second-order valence-electron chi connectivity index (χ2n) is 3.35. The van der Waals surface area contributed by atoms with Crippen molar-refractivity contribution in [3.8, 4) is 0 Å². The second kappa shape index (κ2) is 2.83. The predicted molar refractivity (Wildman–Crippen MR) is 48.1 cm³/mol. The Hall–Kier alpha value is -1.38. The number of rotatable bonds is 1. The van der Waals surface area contributed by atoms with Crippen molar-refractivity contribution in [2.24, 2.45) is 0 Å². The van der Waals surface area contributed by atoms with Gasteiger partial charge in [-0.05, 0) is 12.0 Å². The van der Waals surface area contributed by atoms with Crippen LogP contribution >= 0.6 is 0 Å². The van der Waals surface area contributed by atoms with Crippen LogP contribution in [-0.4, -0.2) is 4.98 Å². The molecule has 0 spiro atoms. The smallest absolute Gasteiger partial charge is 0.181 e. The van der Waals surface area contributed by atoms with E-state index in [1.54, 1.807) is 0 Å². The molecule has 13 heavy (non-hydrogen) atoms. The molecular weight excluding hydrogens is 169 g/mol. The zero-order valence-electron chi connectivity index (χ0n) is 7.54. The van der Waals surface area contributed by atoms with Gasteiger partial charge in [-0.2, -0.15) is 0 Å². The molecule has 0 bridgehead atoms. The third kappa shape index (κ3) is 1.30. The maximum absolute atomic E-state index is 13.1. The van der Waals surface area contributed by atoms with Crippen LogP contribution in [0.4, 0.5) is 4.39 Å². The van der Waals surface area contributed by atoms with Crippen LogP contribution in [-0.2, 0) is 0 Å². The van der Waals surface area contributed by atoms with E-state index in [9.17, 15) is 4.39 Å². The molecule has 0 aliphatic rings. The van der Waals surface area contributed by atoms with Gasteiger partial charge in [-0.25, -0.2) is 9.37 Å². The van der Waals surface area contributed by atoms with Gasteiger partial charge in [0.25, 0.3) is 0 Å². The molecule has 0 radical (unpaired) electrons. The number of fused-ring (bicyclic) bond motifs is 1. The summed E-state index contributed by atoms with van der Waals surface area (Å²) in [7, 11) is 0. The average molecular weight is 179 g/mol. The summed E-state index contributed by atoms with van der Waals surface area (Å²) in [5.74, 6) is -0.0174. The van der Waals surface area contributed by atoms with Gasteiger partial charge < -0.3 is 4.42 Å². The predicted octanol–water partition coefficient (Wildman–Crippen LogP) is 3.09. The molecule has 2 rings (SSSR count). The van der Waals surface area contributed by atoms with Crippen molar-refractivity contribution < 1.29 is 8.81 Å². The van der Waals surface area contributed by atoms with Gasteiger partial charge in [-0.15, -0.1) is 0 Å². The van der Waals surface area contributed by atoms with Gasteiger partial charge >= 0.3 is 0 Å². The lowest BCUT2D eigenvalue weighted by Gasteiger charge is -2.04. The van der Waals surface area contributed by atoms with Crippen LogP contribution in [0.25, 0.3) is 11.1 Å². The highest BCUT2D eigenvalue weighted by atomic mass is 19.1. The summed E-state index contributed by atoms with van der Waals surface area (Å²) in [6, 6.07) is 2.88. The third-order valence-corrected chi connectivity index (χ3v) is 2.05. The maximum atomic E-state index is 13.1. The zero-order chi connectivity index (χ0) is 9.42. The summed E-state index contributed by atoms with van der Waals surface area (Å²) in [6.07, 6.45) is 1.34. The van der Waals surface area contributed by atoms with Crippen molar-refractivity contribution in [2.45, 2.75) is 19.8 Å². The van der Waals surface area contributed by atoms with Crippen molar-refractivity contribution in [2.75, 3.05) is 0 Å². The number of aromatic nitrogens is 1. The fraction of sp³-hybridized carbons (Fsp3) is 0.300. The summed E-state index contributed by atoms with van der Waals surface area (Å²) in [6.45, 7) is 3.99. The van der Waals surface area contributed by atoms with Gasteiger partial charge in [0.1, 0.15) is 11.3 Å². The molecule has 1 heterocycles. The van der Waals surface area contributed by atoms with Gasteiger partial charge in [-0.1, -0.05) is 13.8 Å². The summed E-state index contributed by atoms with van der Waals surface area (Å²) in [5.41, 5.74) is 2.15. The minimum atomic E-state index is -0.259. The van der Waals surface area contributed by atoms with Crippen molar-refractivity contribution >= 4 is 11.1 Å². The molecule has 0 N–H and O–H groups in total. The van der Waals surface area contributed by atoms with E-state index in [0.717, 1.165) is 5.56 Å².